The Morgan fingerprint density at radius 1 is 0.429 bits per heavy atom. The van der Waals surface area contributed by atoms with Crippen LogP contribution in [-0.2, 0) is 13.7 Å². The first-order valence-electron chi connectivity index (χ1n) is 22.0. The number of para-hydroxylation sites is 1. The molecule has 7 aromatic carbocycles. The van der Waals surface area contributed by atoms with Crippen molar-refractivity contribution in [2.75, 3.05) is 0 Å². The molecule has 0 radical (unpaired) electrons. The summed E-state index contributed by atoms with van der Waals surface area (Å²) in [7, 11) is -3.33. The van der Waals surface area contributed by atoms with E-state index in [0.29, 0.717) is 23.7 Å². The molecule has 0 N–H and O–H groups in total. The molecule has 63 heavy (non-hydrogen) atoms. The molecule has 0 saturated carbocycles. The topological polar surface area (TPSA) is 24.7 Å². The maximum Gasteiger partial charge on any atom is 0.102 e. The zero-order valence-electron chi connectivity index (χ0n) is 38.3. The molecule has 0 amide bonds. The fraction of sp³-hybridized carbons (Fsp3) is 0.228. The van der Waals surface area contributed by atoms with E-state index in [1.54, 1.807) is 0 Å². The molecule has 7 aromatic rings. The Bertz CT molecular complexity index is 2330. The third-order valence-corrected chi connectivity index (χ3v) is 17.3. The summed E-state index contributed by atoms with van der Waals surface area (Å²) in [4.78, 5) is 5.42. The summed E-state index contributed by atoms with van der Waals surface area (Å²) in [5.41, 5.74) is 8.44. The van der Waals surface area contributed by atoms with Gasteiger partial charge in [-0.2, -0.15) is 0 Å². The standard InChI is InChI=1S/C39H48N2P.C18H15P.BrH.Ni/c1-27(2)34-22-16-23-35(28(3)4)38(34)40-31(9)26-42(32-18-12-10-13-19-32,33-20-14-11-15-21-33)41-39-36(29(5)6)24-17-25-37(39)30(7)8;1-4-10-16(11-5-1)19(17-12-6-2-7-13-17)18-14-8-3-9-15-18;;/h10-30H,1-9H3;1-15H;1H;/q-1;;;+1. The van der Waals surface area contributed by atoms with Crippen LogP contribution >= 0.6 is 29.2 Å². The summed E-state index contributed by atoms with van der Waals surface area (Å²) < 4.78 is 5.94. The van der Waals surface area contributed by atoms with Gasteiger partial charge in [0.1, 0.15) is 15.9 Å². The fourth-order valence-electron chi connectivity index (χ4n) is 7.97. The first-order valence-corrected chi connectivity index (χ1v) is 27.8. The van der Waals surface area contributed by atoms with Crippen LogP contribution in [0.5, 0.6) is 0 Å². The Balaban J connectivity index is 0.000000294. The summed E-state index contributed by atoms with van der Waals surface area (Å²) in [6.45, 7) is 20.3. The Kier molecular flexibility index (Phi) is 19.5. The Hall–Kier alpha value is -4.29. The minimum Gasteiger partial charge on any atom is -0.0620 e. The number of benzene rings is 7. The second kappa shape index (κ2) is 24.7. The van der Waals surface area contributed by atoms with Crippen molar-refractivity contribution in [2.24, 2.45) is 9.74 Å². The van der Waals surface area contributed by atoms with E-state index < -0.39 is 15.0 Å². The van der Waals surface area contributed by atoms with Crippen LogP contribution in [0.2, 0.25) is 0 Å². The van der Waals surface area contributed by atoms with Crippen LogP contribution in [0.25, 0.3) is 0 Å². The quantitative estimate of drug-likeness (QED) is 0.0476. The van der Waals surface area contributed by atoms with E-state index in [2.05, 4.69) is 284 Å². The first-order chi connectivity index (χ1) is 30.5. The molecule has 0 aromatic heterocycles. The minimum atomic E-state index is -2.46. The van der Waals surface area contributed by atoms with Crippen LogP contribution in [0.4, 0.5) is 11.4 Å². The van der Waals surface area contributed by atoms with E-state index in [0.717, 1.165) is 17.1 Å². The Labute approximate surface area is 396 Å². The summed E-state index contributed by atoms with van der Waals surface area (Å²) in [5, 5.41) is 6.78. The van der Waals surface area contributed by atoms with Crippen molar-refractivity contribution in [3.63, 3.8) is 0 Å². The number of nitrogens with zero attached hydrogens (tertiary/aromatic N) is 2. The van der Waals surface area contributed by atoms with Gasteiger partial charge in [0.15, 0.2) is 0 Å². The Morgan fingerprint density at radius 2 is 0.714 bits per heavy atom. The molecule has 0 aliphatic heterocycles. The van der Waals surface area contributed by atoms with E-state index in [1.807, 2.05) is 0 Å². The zero-order chi connectivity index (χ0) is 45.4. The predicted octanol–water partition coefficient (Wildman–Crippen LogP) is 15.6. The van der Waals surface area contributed by atoms with E-state index in [9.17, 15) is 0 Å². The maximum absolute atomic E-state index is 5.94. The molecule has 0 atom stereocenters. The van der Waals surface area contributed by atoms with Crippen molar-refractivity contribution in [1.29, 1.82) is 0 Å². The van der Waals surface area contributed by atoms with Crippen molar-refractivity contribution in [3.8, 4) is 0 Å². The SMILES string of the molecule is CC([CH-]P(=Nc1c(C(C)C)cccc1C(C)C)(c1ccccc1)c1ccccc1)=Nc1c(C(C)C)cccc1C(C)C.[Ni][Br].c1ccc([PH+](c2ccccc2)c2ccccc2)cc1. The minimum absolute atomic E-state index is 0.358. The average Bonchev–Trinajstić information content (AvgIpc) is 3.31. The number of hydrogen-bond donors (Lipinski definition) is 0. The number of rotatable bonds is 13. The molecule has 0 aliphatic carbocycles. The predicted molar refractivity (Wildman–Crippen MR) is 283 cm³/mol. The van der Waals surface area contributed by atoms with Crippen LogP contribution in [0.1, 0.15) is 108 Å². The first kappa shape index (κ1) is 49.7. The van der Waals surface area contributed by atoms with E-state index in [1.165, 1.54) is 48.8 Å². The van der Waals surface area contributed by atoms with E-state index in [-0.39, 0.29) is 0 Å². The van der Waals surface area contributed by atoms with Gasteiger partial charge in [-0.25, -0.2) is 0 Å². The summed E-state index contributed by atoms with van der Waals surface area (Å²) in [5.74, 6) is 1.48. The van der Waals surface area contributed by atoms with Gasteiger partial charge in [-0.05, 0) is 92.9 Å². The van der Waals surface area contributed by atoms with Gasteiger partial charge in [-0.1, -0.05) is 221 Å². The van der Waals surface area contributed by atoms with Gasteiger partial charge in [0.05, 0.1) is 19.3 Å². The molecule has 0 fully saturated rings. The van der Waals surface area contributed by atoms with Crippen molar-refractivity contribution >= 4 is 72.8 Å². The van der Waals surface area contributed by atoms with Crippen molar-refractivity contribution in [3.05, 3.63) is 216 Å². The van der Waals surface area contributed by atoms with Gasteiger partial charge in [-0.3, -0.25) is 15.9 Å². The molecule has 0 aliphatic rings. The smallest absolute Gasteiger partial charge is 0.0620 e. The molecule has 0 heterocycles. The molecule has 329 valence electrons. The number of halogens is 1. The van der Waals surface area contributed by atoms with Crippen molar-refractivity contribution in [2.45, 2.75) is 86.0 Å². The summed E-state index contributed by atoms with van der Waals surface area (Å²) in [6.07, 6.45) is 2.40. The van der Waals surface area contributed by atoms with Crippen LogP contribution in [-0.4, -0.2) is 5.71 Å². The fourth-order valence-corrected chi connectivity index (χ4v) is 13.8. The molecule has 2 nitrogen and oxygen atoms in total. The van der Waals surface area contributed by atoms with Gasteiger partial charge in [-0.15, -0.1) is 5.71 Å². The zero-order valence-corrected chi connectivity index (χ0v) is 42.8. The second-order valence-electron chi connectivity index (χ2n) is 17.0. The van der Waals surface area contributed by atoms with Crippen molar-refractivity contribution < 1.29 is 13.7 Å². The van der Waals surface area contributed by atoms with Crippen LogP contribution < -0.4 is 26.5 Å². The maximum atomic E-state index is 5.94. The van der Waals surface area contributed by atoms with Gasteiger partial charge in [0, 0.05) is 0 Å². The largest absolute Gasteiger partial charge is 0.102 e. The third-order valence-electron chi connectivity index (χ3n) is 11.1. The van der Waals surface area contributed by atoms with Crippen molar-refractivity contribution in [1.82, 2.24) is 0 Å². The van der Waals surface area contributed by atoms with Crippen LogP contribution in [0, 0.1) is 6.16 Å². The molecular formula is C57H64BrN2NiP2. The van der Waals surface area contributed by atoms with Gasteiger partial charge < -0.3 is 0 Å². The third kappa shape index (κ3) is 12.9. The molecule has 0 unspecified atom stereocenters. The van der Waals surface area contributed by atoms with Crippen LogP contribution in [0.3, 0.4) is 0 Å². The summed E-state index contributed by atoms with van der Waals surface area (Å²) in [6, 6.07) is 67.6. The number of hydrogen-bond acceptors (Lipinski definition) is 2. The van der Waals surface area contributed by atoms with E-state index in [4.69, 9.17) is 9.74 Å². The summed E-state index contributed by atoms with van der Waals surface area (Å²) >= 11 is 6.25. The molecule has 6 heteroatoms. The van der Waals surface area contributed by atoms with E-state index >= 15 is 0 Å². The van der Waals surface area contributed by atoms with Gasteiger partial charge in [0.2, 0.25) is 0 Å². The number of aliphatic imine (C=N–C) groups is 1. The average molecular weight is 978 g/mol. The monoisotopic (exact) mass is 975 g/mol. The molecule has 0 spiro atoms. The molecular weight excluding hydrogens is 913 g/mol. The molecule has 0 bridgehead atoms. The Morgan fingerprint density at radius 3 is 1.02 bits per heavy atom. The molecule has 7 rings (SSSR count). The van der Waals surface area contributed by atoms with Gasteiger partial charge in [0.25, 0.3) is 0 Å². The van der Waals surface area contributed by atoms with Crippen LogP contribution in [0.15, 0.2) is 198 Å². The van der Waals surface area contributed by atoms with Gasteiger partial charge >= 0.3 is 27.9 Å². The second-order valence-corrected chi connectivity index (χ2v) is 22.3. The molecule has 0 saturated heterocycles. The normalized spacial score (nSPS) is 11.6.